The molecule has 0 aliphatic rings. The van der Waals surface area contributed by atoms with E-state index in [0.29, 0.717) is 11.6 Å². The Morgan fingerprint density at radius 1 is 1.50 bits per heavy atom. The minimum atomic E-state index is 0.0827. The third-order valence-electron chi connectivity index (χ3n) is 2.56. The van der Waals surface area contributed by atoms with Gasteiger partial charge in [-0.2, -0.15) is 0 Å². The van der Waals surface area contributed by atoms with Crippen LogP contribution in [-0.4, -0.2) is 12.4 Å². The Kier molecular flexibility index (Phi) is 5.50. The Labute approximate surface area is 102 Å². The molecular formula is C13H17ClO2. The number of carbonyl (C=O) groups is 1. The molecular weight excluding hydrogens is 224 g/mol. The summed E-state index contributed by atoms with van der Waals surface area (Å²) in [5, 5.41) is 0.689. The molecule has 2 nitrogen and oxygen atoms in total. The molecule has 0 saturated heterocycles. The molecule has 0 fully saturated rings. The summed E-state index contributed by atoms with van der Waals surface area (Å²) < 4.78 is 5.35. The van der Waals surface area contributed by atoms with Crippen LogP contribution in [-0.2, 0) is 16.1 Å². The molecule has 0 amide bonds. The zero-order chi connectivity index (χ0) is 12.0. The molecule has 1 aromatic carbocycles. The monoisotopic (exact) mass is 240 g/mol. The molecule has 0 bridgehead atoms. The Bertz CT molecular complexity index is 350. The van der Waals surface area contributed by atoms with Gasteiger partial charge < -0.3 is 4.74 Å². The molecule has 0 spiro atoms. The van der Waals surface area contributed by atoms with Crippen molar-refractivity contribution in [2.45, 2.75) is 26.9 Å². The van der Waals surface area contributed by atoms with Crippen LogP contribution >= 0.6 is 11.6 Å². The first-order valence-corrected chi connectivity index (χ1v) is 5.86. The molecule has 0 heterocycles. The van der Waals surface area contributed by atoms with Crippen LogP contribution in [0.15, 0.2) is 24.3 Å². The maximum Gasteiger partial charge on any atom is 0.161 e. The van der Waals surface area contributed by atoms with E-state index in [-0.39, 0.29) is 18.3 Å². The van der Waals surface area contributed by atoms with E-state index < -0.39 is 0 Å². The molecule has 0 aromatic heterocycles. The average molecular weight is 241 g/mol. The van der Waals surface area contributed by atoms with Gasteiger partial charge in [0, 0.05) is 10.9 Å². The maximum atomic E-state index is 11.5. The van der Waals surface area contributed by atoms with Gasteiger partial charge in [-0.1, -0.05) is 37.6 Å². The number of hydrogen-bond donors (Lipinski definition) is 0. The molecule has 1 atom stereocenters. The summed E-state index contributed by atoms with van der Waals surface area (Å²) >= 11 is 5.84. The van der Waals surface area contributed by atoms with E-state index in [1.165, 1.54) is 0 Å². The highest BCUT2D eigenvalue weighted by Gasteiger charge is 2.10. The van der Waals surface area contributed by atoms with Gasteiger partial charge in [-0.05, 0) is 24.1 Å². The van der Waals surface area contributed by atoms with Crippen molar-refractivity contribution in [1.82, 2.24) is 0 Å². The number of ketones is 1. The van der Waals surface area contributed by atoms with Crippen LogP contribution in [0.2, 0.25) is 5.02 Å². The van der Waals surface area contributed by atoms with Crippen LogP contribution in [0, 0.1) is 5.92 Å². The number of carbonyl (C=O) groups excluding carboxylic acids is 1. The standard InChI is InChI=1S/C13H17ClO2/c1-3-10(2)13(15)9-16-8-11-5-4-6-12(14)7-11/h4-7,10H,3,8-9H2,1-2H3. The molecule has 16 heavy (non-hydrogen) atoms. The van der Waals surface area contributed by atoms with Gasteiger partial charge in [0.15, 0.2) is 5.78 Å². The zero-order valence-corrected chi connectivity index (χ0v) is 10.5. The topological polar surface area (TPSA) is 26.3 Å². The second-order valence-corrected chi connectivity index (χ2v) is 4.33. The smallest absolute Gasteiger partial charge is 0.161 e. The van der Waals surface area contributed by atoms with Gasteiger partial charge in [0.05, 0.1) is 6.61 Å². The fourth-order valence-electron chi connectivity index (χ4n) is 1.27. The Morgan fingerprint density at radius 3 is 2.88 bits per heavy atom. The van der Waals surface area contributed by atoms with Crippen LogP contribution in [0.4, 0.5) is 0 Å². The van der Waals surface area contributed by atoms with E-state index in [1.54, 1.807) is 0 Å². The Hall–Kier alpha value is -0.860. The predicted octanol–water partition coefficient (Wildman–Crippen LogP) is 3.47. The number of halogens is 1. The fourth-order valence-corrected chi connectivity index (χ4v) is 1.48. The zero-order valence-electron chi connectivity index (χ0n) is 9.70. The van der Waals surface area contributed by atoms with Crippen molar-refractivity contribution >= 4 is 17.4 Å². The summed E-state index contributed by atoms with van der Waals surface area (Å²) in [4.78, 5) is 11.5. The van der Waals surface area contributed by atoms with Crippen molar-refractivity contribution in [3.63, 3.8) is 0 Å². The number of hydrogen-bond acceptors (Lipinski definition) is 2. The molecule has 0 aliphatic heterocycles. The van der Waals surface area contributed by atoms with Crippen molar-refractivity contribution in [1.29, 1.82) is 0 Å². The molecule has 1 unspecified atom stereocenters. The van der Waals surface area contributed by atoms with Gasteiger partial charge in [-0.25, -0.2) is 0 Å². The fraction of sp³-hybridized carbons (Fsp3) is 0.462. The number of rotatable bonds is 6. The van der Waals surface area contributed by atoms with Gasteiger partial charge in [-0.3, -0.25) is 4.79 Å². The molecule has 3 heteroatoms. The van der Waals surface area contributed by atoms with Gasteiger partial charge in [-0.15, -0.1) is 0 Å². The lowest BCUT2D eigenvalue weighted by Gasteiger charge is -2.08. The van der Waals surface area contributed by atoms with Gasteiger partial charge in [0.1, 0.15) is 6.61 Å². The number of Topliss-reactive ketones (excluding diaryl/α,β-unsaturated/α-hetero) is 1. The molecule has 0 aliphatic carbocycles. The quantitative estimate of drug-likeness (QED) is 0.761. The van der Waals surface area contributed by atoms with E-state index in [4.69, 9.17) is 16.3 Å². The highest BCUT2D eigenvalue weighted by Crippen LogP contribution is 2.11. The van der Waals surface area contributed by atoms with E-state index >= 15 is 0 Å². The first kappa shape index (κ1) is 13.2. The maximum absolute atomic E-state index is 11.5. The van der Waals surface area contributed by atoms with E-state index in [9.17, 15) is 4.79 Å². The minimum Gasteiger partial charge on any atom is -0.369 e. The van der Waals surface area contributed by atoms with Crippen LogP contribution in [0.3, 0.4) is 0 Å². The van der Waals surface area contributed by atoms with Crippen molar-refractivity contribution in [2.75, 3.05) is 6.61 Å². The van der Waals surface area contributed by atoms with Gasteiger partial charge in [0.25, 0.3) is 0 Å². The summed E-state index contributed by atoms with van der Waals surface area (Å²) in [5.41, 5.74) is 0.990. The van der Waals surface area contributed by atoms with Crippen LogP contribution in [0.1, 0.15) is 25.8 Å². The second-order valence-electron chi connectivity index (χ2n) is 3.90. The molecule has 1 aromatic rings. The highest BCUT2D eigenvalue weighted by molar-refractivity contribution is 6.30. The minimum absolute atomic E-state index is 0.0827. The molecule has 88 valence electrons. The molecule has 0 radical (unpaired) electrons. The first-order chi connectivity index (χ1) is 7.63. The van der Waals surface area contributed by atoms with Crippen LogP contribution in [0.25, 0.3) is 0 Å². The summed E-state index contributed by atoms with van der Waals surface area (Å²) in [6.07, 6.45) is 0.860. The summed E-state index contributed by atoms with van der Waals surface area (Å²) in [6.45, 7) is 4.54. The summed E-state index contributed by atoms with van der Waals surface area (Å²) in [5.74, 6) is 0.240. The lowest BCUT2D eigenvalue weighted by molar-refractivity contribution is -0.127. The van der Waals surface area contributed by atoms with Crippen LogP contribution < -0.4 is 0 Å². The number of benzene rings is 1. The molecule has 1 rings (SSSR count). The van der Waals surface area contributed by atoms with E-state index in [0.717, 1.165) is 12.0 Å². The van der Waals surface area contributed by atoms with Gasteiger partial charge >= 0.3 is 0 Å². The lowest BCUT2D eigenvalue weighted by atomic mass is 10.1. The SMILES string of the molecule is CCC(C)C(=O)COCc1cccc(Cl)c1. The summed E-state index contributed by atoms with van der Waals surface area (Å²) in [6, 6.07) is 7.46. The van der Waals surface area contributed by atoms with E-state index in [2.05, 4.69) is 0 Å². The van der Waals surface area contributed by atoms with Crippen molar-refractivity contribution in [3.05, 3.63) is 34.9 Å². The average Bonchev–Trinajstić information content (AvgIpc) is 2.28. The Morgan fingerprint density at radius 2 is 2.25 bits per heavy atom. The predicted molar refractivity (Wildman–Crippen MR) is 65.6 cm³/mol. The third-order valence-corrected chi connectivity index (χ3v) is 2.80. The molecule has 0 N–H and O–H groups in total. The van der Waals surface area contributed by atoms with Crippen LogP contribution in [0.5, 0.6) is 0 Å². The summed E-state index contributed by atoms with van der Waals surface area (Å²) in [7, 11) is 0. The van der Waals surface area contributed by atoms with Crippen molar-refractivity contribution in [3.8, 4) is 0 Å². The Balaban J connectivity index is 2.33. The number of ether oxygens (including phenoxy) is 1. The van der Waals surface area contributed by atoms with Gasteiger partial charge in [0.2, 0.25) is 0 Å². The first-order valence-electron chi connectivity index (χ1n) is 5.48. The largest absolute Gasteiger partial charge is 0.369 e. The van der Waals surface area contributed by atoms with E-state index in [1.807, 2.05) is 38.1 Å². The third kappa shape index (κ3) is 4.33. The lowest BCUT2D eigenvalue weighted by Crippen LogP contribution is -2.16. The van der Waals surface area contributed by atoms with Crippen molar-refractivity contribution in [2.24, 2.45) is 5.92 Å². The highest BCUT2D eigenvalue weighted by atomic mass is 35.5. The molecule has 0 saturated carbocycles. The second kappa shape index (κ2) is 6.66. The van der Waals surface area contributed by atoms with Crippen molar-refractivity contribution < 1.29 is 9.53 Å². The normalized spacial score (nSPS) is 12.4.